The van der Waals surface area contributed by atoms with Crippen molar-refractivity contribution in [3.8, 4) is 0 Å². The Morgan fingerprint density at radius 1 is 1.19 bits per heavy atom. The Hall–Kier alpha value is 0.350. The highest BCUT2D eigenvalue weighted by molar-refractivity contribution is 14.1. The van der Waals surface area contributed by atoms with E-state index in [1.165, 1.54) is 0 Å². The normalized spacial score (nSPS) is 11.3. The number of hydrogen-bond donors (Lipinski definition) is 1. The molecule has 116 valence electrons. The van der Waals surface area contributed by atoms with Crippen LogP contribution in [0.5, 0.6) is 0 Å². The molecule has 0 aliphatic carbocycles. The maximum Gasteiger partial charge on any atom is 0.339 e. The van der Waals surface area contributed by atoms with Gasteiger partial charge in [-0.1, -0.05) is 13.8 Å². The number of benzene rings is 1. The lowest BCUT2D eigenvalue weighted by Gasteiger charge is -2.30. The van der Waals surface area contributed by atoms with Gasteiger partial charge >= 0.3 is 11.9 Å². The molecule has 0 amide bonds. The summed E-state index contributed by atoms with van der Waals surface area (Å²) in [6.45, 7) is 3.67. The Kier molecular flexibility index (Phi) is 7.64. The number of carboxylic acids is 1. The van der Waals surface area contributed by atoms with Gasteiger partial charge < -0.3 is 9.84 Å². The second kappa shape index (κ2) is 8.27. The van der Waals surface area contributed by atoms with Crippen LogP contribution in [-0.4, -0.2) is 22.6 Å². The minimum Gasteiger partial charge on any atom is -0.481 e. The van der Waals surface area contributed by atoms with Crippen molar-refractivity contribution in [3.63, 3.8) is 0 Å². The lowest BCUT2D eigenvalue weighted by Crippen LogP contribution is -2.36. The van der Waals surface area contributed by atoms with E-state index in [0.29, 0.717) is 18.4 Å². The van der Waals surface area contributed by atoms with Gasteiger partial charge in [0.1, 0.15) is 5.60 Å². The molecule has 1 aromatic rings. The zero-order valence-corrected chi connectivity index (χ0v) is 18.1. The summed E-state index contributed by atoms with van der Waals surface area (Å²) in [6.07, 6.45) is 0.765. The van der Waals surface area contributed by atoms with Crippen molar-refractivity contribution in [1.82, 2.24) is 0 Å². The maximum absolute atomic E-state index is 12.5. The zero-order valence-electron chi connectivity index (χ0n) is 11.6. The van der Waals surface area contributed by atoms with Crippen molar-refractivity contribution in [3.05, 3.63) is 28.4 Å². The van der Waals surface area contributed by atoms with Crippen LogP contribution in [0.1, 0.15) is 43.5 Å². The monoisotopic (exact) mass is 628 g/mol. The molecule has 0 bridgehead atoms. The number of hydrogen-bond acceptors (Lipinski definition) is 3. The van der Waals surface area contributed by atoms with Gasteiger partial charge in [-0.2, -0.15) is 0 Å². The molecule has 0 saturated heterocycles. The molecule has 1 aromatic carbocycles. The topological polar surface area (TPSA) is 63.6 Å². The molecule has 0 fully saturated rings. The molecular formula is C14H15I3O4. The summed E-state index contributed by atoms with van der Waals surface area (Å²) in [7, 11) is 0. The maximum atomic E-state index is 12.5. The Morgan fingerprint density at radius 3 is 2.24 bits per heavy atom. The second-order valence-corrected chi connectivity index (χ2v) is 8.09. The SMILES string of the molecule is CCC(CC)(CC(=O)O)OC(=O)c1cc(I)cc(I)c1I. The standard InChI is InChI=1S/C14H15I3O4/c1-3-14(4-2,7-11(18)19)21-13(20)9-5-8(15)6-10(16)12(9)17/h5-6H,3-4,7H2,1-2H3,(H,18,19). The minimum absolute atomic E-state index is 0.177. The predicted molar refractivity (Wildman–Crippen MR) is 106 cm³/mol. The average Bonchev–Trinajstić information content (AvgIpc) is 2.41. The molecule has 1 N–H and O–H groups in total. The van der Waals surface area contributed by atoms with E-state index >= 15 is 0 Å². The summed E-state index contributed by atoms with van der Waals surface area (Å²) in [6, 6.07) is 3.74. The molecule has 0 aromatic heterocycles. The van der Waals surface area contributed by atoms with Crippen LogP contribution in [-0.2, 0) is 9.53 Å². The van der Waals surface area contributed by atoms with E-state index in [9.17, 15) is 9.59 Å². The van der Waals surface area contributed by atoms with Gasteiger partial charge in [-0.15, -0.1) is 0 Å². The summed E-state index contributed by atoms with van der Waals surface area (Å²) in [5.41, 5.74) is -0.456. The molecule has 0 spiro atoms. The van der Waals surface area contributed by atoms with Crippen LogP contribution in [0, 0.1) is 10.7 Å². The third-order valence-electron chi connectivity index (χ3n) is 3.28. The van der Waals surface area contributed by atoms with Crippen LogP contribution >= 0.6 is 67.8 Å². The number of ether oxygens (including phenoxy) is 1. The molecule has 0 aliphatic heterocycles. The van der Waals surface area contributed by atoms with Crippen molar-refractivity contribution >= 4 is 79.7 Å². The number of esters is 1. The summed E-state index contributed by atoms with van der Waals surface area (Å²) >= 11 is 6.43. The first-order chi connectivity index (χ1) is 9.74. The average molecular weight is 628 g/mol. The quantitative estimate of drug-likeness (QED) is 0.283. The molecule has 0 aliphatic rings. The fourth-order valence-electron chi connectivity index (χ4n) is 1.91. The summed E-state index contributed by atoms with van der Waals surface area (Å²) < 4.78 is 8.34. The molecule has 0 heterocycles. The third-order valence-corrected chi connectivity index (χ3v) is 6.95. The van der Waals surface area contributed by atoms with Gasteiger partial charge in [0.25, 0.3) is 0 Å². The van der Waals surface area contributed by atoms with Crippen molar-refractivity contribution in [2.45, 2.75) is 38.7 Å². The van der Waals surface area contributed by atoms with E-state index in [0.717, 1.165) is 10.7 Å². The molecule has 4 nitrogen and oxygen atoms in total. The van der Waals surface area contributed by atoms with Gasteiger partial charge in [-0.05, 0) is 92.7 Å². The van der Waals surface area contributed by atoms with Crippen LogP contribution in [0.2, 0.25) is 0 Å². The van der Waals surface area contributed by atoms with E-state index in [4.69, 9.17) is 9.84 Å². The first-order valence-electron chi connectivity index (χ1n) is 6.34. The van der Waals surface area contributed by atoms with Gasteiger partial charge in [0.2, 0.25) is 0 Å². The van der Waals surface area contributed by atoms with Crippen LogP contribution in [0.15, 0.2) is 12.1 Å². The number of halogens is 3. The molecule has 0 atom stereocenters. The first kappa shape index (κ1) is 19.4. The minimum atomic E-state index is -0.960. The highest BCUT2D eigenvalue weighted by atomic mass is 127. The number of aliphatic carboxylic acids is 1. The molecule has 0 unspecified atom stereocenters. The molecule has 0 radical (unpaired) electrons. The van der Waals surface area contributed by atoms with Gasteiger partial charge in [-0.3, -0.25) is 4.79 Å². The molecular weight excluding hydrogens is 613 g/mol. The highest BCUT2D eigenvalue weighted by Crippen LogP contribution is 2.29. The fourth-order valence-corrected chi connectivity index (χ4v) is 4.29. The van der Waals surface area contributed by atoms with Crippen LogP contribution in [0.3, 0.4) is 0 Å². The Morgan fingerprint density at radius 2 is 1.76 bits per heavy atom. The van der Waals surface area contributed by atoms with E-state index in [1.54, 1.807) is 6.07 Å². The number of carbonyl (C=O) groups excluding carboxylic acids is 1. The summed E-state index contributed by atoms with van der Waals surface area (Å²) in [5, 5.41) is 9.04. The van der Waals surface area contributed by atoms with E-state index < -0.39 is 17.5 Å². The van der Waals surface area contributed by atoms with E-state index in [2.05, 4.69) is 67.8 Å². The van der Waals surface area contributed by atoms with Crippen molar-refractivity contribution in [2.24, 2.45) is 0 Å². The predicted octanol–water partition coefficient (Wildman–Crippen LogP) is 4.69. The third kappa shape index (κ3) is 5.19. The number of carboxylic acid groups (broad SMARTS) is 1. The van der Waals surface area contributed by atoms with Gasteiger partial charge in [0.05, 0.1) is 12.0 Å². The zero-order chi connectivity index (χ0) is 16.2. The Bertz CT molecular complexity index is 553. The van der Waals surface area contributed by atoms with E-state index in [-0.39, 0.29) is 6.42 Å². The van der Waals surface area contributed by atoms with Crippen LogP contribution in [0.25, 0.3) is 0 Å². The second-order valence-electron chi connectivity index (χ2n) is 4.60. The van der Waals surface area contributed by atoms with Gasteiger partial charge in [-0.25, -0.2) is 4.79 Å². The molecule has 7 heteroatoms. The van der Waals surface area contributed by atoms with E-state index in [1.807, 2.05) is 19.9 Å². The van der Waals surface area contributed by atoms with Gasteiger partial charge in [0, 0.05) is 10.7 Å². The van der Waals surface area contributed by atoms with Crippen LogP contribution in [0.4, 0.5) is 0 Å². The fraction of sp³-hybridized carbons (Fsp3) is 0.429. The Balaban J connectivity index is 3.11. The van der Waals surface area contributed by atoms with Crippen molar-refractivity contribution in [1.29, 1.82) is 0 Å². The first-order valence-corrected chi connectivity index (χ1v) is 9.58. The lowest BCUT2D eigenvalue weighted by molar-refractivity contribution is -0.143. The Labute approximate surface area is 164 Å². The number of rotatable bonds is 6. The summed E-state index contributed by atoms with van der Waals surface area (Å²) in [5.74, 6) is -1.42. The number of carbonyl (C=O) groups is 2. The smallest absolute Gasteiger partial charge is 0.339 e. The van der Waals surface area contributed by atoms with Gasteiger partial charge in [0.15, 0.2) is 0 Å². The summed E-state index contributed by atoms with van der Waals surface area (Å²) in [4.78, 5) is 23.5. The largest absolute Gasteiger partial charge is 0.481 e. The molecule has 1 rings (SSSR count). The lowest BCUT2D eigenvalue weighted by atomic mass is 9.93. The van der Waals surface area contributed by atoms with Crippen molar-refractivity contribution in [2.75, 3.05) is 0 Å². The van der Waals surface area contributed by atoms with Crippen LogP contribution < -0.4 is 0 Å². The molecule has 0 saturated carbocycles. The molecule has 21 heavy (non-hydrogen) atoms. The van der Waals surface area contributed by atoms with Crippen molar-refractivity contribution < 1.29 is 19.4 Å². The highest BCUT2D eigenvalue weighted by Gasteiger charge is 2.34.